The Labute approximate surface area is 178 Å². The average molecular weight is 424 g/mol. The van der Waals surface area contributed by atoms with Crippen LogP contribution in [0.1, 0.15) is 18.4 Å². The Kier molecular flexibility index (Phi) is 5.84. The highest BCUT2D eigenvalue weighted by molar-refractivity contribution is 6.42. The van der Waals surface area contributed by atoms with Crippen molar-refractivity contribution in [2.75, 3.05) is 5.32 Å². The van der Waals surface area contributed by atoms with Crippen LogP contribution in [-0.4, -0.2) is 15.9 Å². The van der Waals surface area contributed by atoms with Gasteiger partial charge in [-0.25, -0.2) is 0 Å². The van der Waals surface area contributed by atoms with Crippen molar-refractivity contribution in [1.29, 1.82) is 0 Å². The van der Waals surface area contributed by atoms with Gasteiger partial charge in [0.2, 0.25) is 5.91 Å². The Bertz CT molecular complexity index is 1160. The van der Waals surface area contributed by atoms with Gasteiger partial charge in [-0.15, -0.1) is 0 Å². The molecule has 0 saturated carbocycles. The SMILES string of the molecule is O=C(CCCc1c(-c2ccccn2)[nH]c2ccccc12)Nc1ccc(Cl)c(Cl)c1. The smallest absolute Gasteiger partial charge is 0.224 e. The lowest BCUT2D eigenvalue weighted by molar-refractivity contribution is -0.116. The number of H-pyrrole nitrogens is 1. The molecule has 29 heavy (non-hydrogen) atoms. The number of carbonyl (C=O) groups is 1. The number of anilines is 1. The molecule has 0 spiro atoms. The molecule has 0 radical (unpaired) electrons. The topological polar surface area (TPSA) is 57.8 Å². The van der Waals surface area contributed by atoms with Crippen LogP contribution in [-0.2, 0) is 11.2 Å². The van der Waals surface area contributed by atoms with Crippen molar-refractivity contribution >= 4 is 45.7 Å². The van der Waals surface area contributed by atoms with Crippen LogP contribution in [0.2, 0.25) is 10.0 Å². The van der Waals surface area contributed by atoms with Gasteiger partial charge in [0, 0.05) is 29.2 Å². The largest absolute Gasteiger partial charge is 0.353 e. The molecule has 0 aliphatic heterocycles. The molecule has 4 rings (SSSR count). The molecule has 0 aliphatic rings. The first-order valence-corrected chi connectivity index (χ1v) is 10.1. The standard InChI is InChI=1S/C23H19Cl2N3O/c24-18-12-11-15(14-19(18)25)27-22(29)10-5-7-17-16-6-1-2-8-20(16)28-23(17)21-9-3-4-13-26-21/h1-4,6,8-9,11-14,28H,5,7,10H2,(H,27,29). The van der Waals surface area contributed by atoms with Gasteiger partial charge >= 0.3 is 0 Å². The normalized spacial score (nSPS) is 11.0. The minimum atomic E-state index is -0.0531. The molecule has 0 fully saturated rings. The quantitative estimate of drug-likeness (QED) is 0.371. The molecular formula is C23H19Cl2N3O. The van der Waals surface area contributed by atoms with Crippen molar-refractivity contribution in [2.24, 2.45) is 0 Å². The number of hydrogen-bond donors (Lipinski definition) is 2. The fraction of sp³-hybridized carbons (Fsp3) is 0.130. The average Bonchev–Trinajstić information content (AvgIpc) is 3.10. The van der Waals surface area contributed by atoms with Crippen molar-refractivity contribution in [2.45, 2.75) is 19.3 Å². The lowest BCUT2D eigenvalue weighted by atomic mass is 10.0. The van der Waals surface area contributed by atoms with Gasteiger partial charge in [-0.3, -0.25) is 9.78 Å². The third-order valence-electron chi connectivity index (χ3n) is 4.77. The summed E-state index contributed by atoms with van der Waals surface area (Å²) in [4.78, 5) is 20.3. The summed E-state index contributed by atoms with van der Waals surface area (Å²) in [6.45, 7) is 0. The van der Waals surface area contributed by atoms with E-state index in [9.17, 15) is 4.79 Å². The van der Waals surface area contributed by atoms with Crippen molar-refractivity contribution in [3.05, 3.63) is 82.5 Å². The minimum absolute atomic E-state index is 0.0531. The Morgan fingerprint density at radius 2 is 1.83 bits per heavy atom. The molecule has 2 N–H and O–H groups in total. The van der Waals surface area contributed by atoms with Gasteiger partial charge in [-0.1, -0.05) is 47.5 Å². The Morgan fingerprint density at radius 1 is 1.00 bits per heavy atom. The second kappa shape index (κ2) is 8.68. The van der Waals surface area contributed by atoms with Crippen LogP contribution in [0.5, 0.6) is 0 Å². The first-order valence-electron chi connectivity index (χ1n) is 9.38. The summed E-state index contributed by atoms with van der Waals surface area (Å²) in [5.74, 6) is -0.0531. The van der Waals surface area contributed by atoms with E-state index < -0.39 is 0 Å². The number of benzene rings is 2. The van der Waals surface area contributed by atoms with E-state index in [0.717, 1.165) is 35.1 Å². The fourth-order valence-electron chi connectivity index (χ4n) is 3.41. The number of carbonyl (C=O) groups excluding carboxylic acids is 1. The number of pyridine rings is 1. The molecule has 0 aliphatic carbocycles. The van der Waals surface area contributed by atoms with E-state index in [1.807, 2.05) is 30.3 Å². The van der Waals surface area contributed by atoms with E-state index in [1.54, 1.807) is 24.4 Å². The number of halogens is 2. The van der Waals surface area contributed by atoms with Gasteiger partial charge < -0.3 is 10.3 Å². The Balaban J connectivity index is 1.48. The monoisotopic (exact) mass is 423 g/mol. The van der Waals surface area contributed by atoms with Crippen LogP contribution in [0.4, 0.5) is 5.69 Å². The zero-order valence-corrected chi connectivity index (χ0v) is 17.1. The third-order valence-corrected chi connectivity index (χ3v) is 5.51. The summed E-state index contributed by atoms with van der Waals surface area (Å²) in [7, 11) is 0. The van der Waals surface area contributed by atoms with E-state index >= 15 is 0 Å². The number of nitrogens with one attached hydrogen (secondary N) is 2. The predicted octanol–water partition coefficient (Wildman–Crippen LogP) is 6.50. The summed E-state index contributed by atoms with van der Waals surface area (Å²) in [6.07, 6.45) is 3.68. The number of aromatic amines is 1. The number of rotatable bonds is 6. The van der Waals surface area contributed by atoms with Crippen LogP contribution >= 0.6 is 23.2 Å². The van der Waals surface area contributed by atoms with E-state index in [0.29, 0.717) is 22.2 Å². The first-order chi connectivity index (χ1) is 14.1. The number of para-hydroxylation sites is 1. The van der Waals surface area contributed by atoms with Crippen molar-refractivity contribution in [3.8, 4) is 11.4 Å². The molecule has 0 unspecified atom stereocenters. The summed E-state index contributed by atoms with van der Waals surface area (Å²) in [6, 6.07) is 19.1. The van der Waals surface area contributed by atoms with Crippen molar-refractivity contribution in [3.63, 3.8) is 0 Å². The van der Waals surface area contributed by atoms with E-state index in [2.05, 4.69) is 27.4 Å². The summed E-state index contributed by atoms with van der Waals surface area (Å²) in [5.41, 5.74) is 4.81. The lowest BCUT2D eigenvalue weighted by Gasteiger charge is -2.07. The fourth-order valence-corrected chi connectivity index (χ4v) is 3.71. The molecule has 0 atom stereocenters. The second-order valence-corrected chi connectivity index (χ2v) is 7.58. The van der Waals surface area contributed by atoms with Gasteiger partial charge in [0.05, 0.1) is 21.4 Å². The number of hydrogen-bond acceptors (Lipinski definition) is 2. The van der Waals surface area contributed by atoms with Crippen molar-refractivity contribution < 1.29 is 4.79 Å². The molecule has 1 amide bonds. The van der Waals surface area contributed by atoms with Crippen LogP contribution in [0, 0.1) is 0 Å². The van der Waals surface area contributed by atoms with Gasteiger partial charge in [0.15, 0.2) is 0 Å². The molecule has 0 saturated heterocycles. The van der Waals surface area contributed by atoms with Gasteiger partial charge in [0.1, 0.15) is 0 Å². The molecule has 4 nitrogen and oxygen atoms in total. The van der Waals surface area contributed by atoms with Gasteiger partial charge in [-0.05, 0) is 54.8 Å². The summed E-state index contributed by atoms with van der Waals surface area (Å²) in [5, 5.41) is 4.92. The molecular weight excluding hydrogens is 405 g/mol. The van der Waals surface area contributed by atoms with Crippen LogP contribution in [0.25, 0.3) is 22.3 Å². The predicted molar refractivity (Wildman–Crippen MR) is 120 cm³/mol. The molecule has 0 bridgehead atoms. The van der Waals surface area contributed by atoms with Crippen LogP contribution in [0.15, 0.2) is 66.9 Å². The summed E-state index contributed by atoms with van der Waals surface area (Å²) >= 11 is 11.9. The zero-order chi connectivity index (χ0) is 20.2. The molecule has 2 aromatic carbocycles. The van der Waals surface area contributed by atoms with E-state index in [1.165, 1.54) is 5.56 Å². The number of fused-ring (bicyclic) bond motifs is 1. The van der Waals surface area contributed by atoms with E-state index in [-0.39, 0.29) is 5.91 Å². The van der Waals surface area contributed by atoms with Crippen molar-refractivity contribution in [1.82, 2.24) is 9.97 Å². The van der Waals surface area contributed by atoms with Gasteiger partial charge in [0.25, 0.3) is 0 Å². The highest BCUT2D eigenvalue weighted by Crippen LogP contribution is 2.30. The van der Waals surface area contributed by atoms with Crippen LogP contribution in [0.3, 0.4) is 0 Å². The summed E-state index contributed by atoms with van der Waals surface area (Å²) < 4.78 is 0. The minimum Gasteiger partial charge on any atom is -0.353 e. The number of nitrogens with zero attached hydrogens (tertiary/aromatic N) is 1. The highest BCUT2D eigenvalue weighted by atomic mass is 35.5. The molecule has 2 heterocycles. The molecule has 4 aromatic rings. The zero-order valence-electron chi connectivity index (χ0n) is 15.6. The molecule has 6 heteroatoms. The number of amides is 1. The number of aromatic nitrogens is 2. The maximum atomic E-state index is 12.3. The second-order valence-electron chi connectivity index (χ2n) is 6.77. The molecule has 146 valence electrons. The number of aryl methyl sites for hydroxylation is 1. The third kappa shape index (κ3) is 4.44. The Hall–Kier alpha value is -2.82. The van der Waals surface area contributed by atoms with Crippen LogP contribution < -0.4 is 5.32 Å². The lowest BCUT2D eigenvalue weighted by Crippen LogP contribution is -2.11. The Morgan fingerprint density at radius 3 is 2.62 bits per heavy atom. The maximum absolute atomic E-state index is 12.3. The van der Waals surface area contributed by atoms with E-state index in [4.69, 9.17) is 23.2 Å². The highest BCUT2D eigenvalue weighted by Gasteiger charge is 2.14. The maximum Gasteiger partial charge on any atom is 0.224 e. The van der Waals surface area contributed by atoms with Gasteiger partial charge in [-0.2, -0.15) is 0 Å². The first kappa shape index (κ1) is 19.5. The molecule has 2 aromatic heterocycles.